The highest BCUT2D eigenvalue weighted by Crippen LogP contribution is 2.13. The van der Waals surface area contributed by atoms with E-state index < -0.39 is 16.9 Å². The van der Waals surface area contributed by atoms with Crippen LogP contribution in [0.25, 0.3) is 0 Å². The number of nitro groups is 1. The molecular formula is C17H15NO7. The van der Waals surface area contributed by atoms with Crippen LogP contribution < -0.4 is 4.74 Å². The molecule has 0 heterocycles. The van der Waals surface area contributed by atoms with Crippen molar-refractivity contribution < 1.29 is 28.7 Å². The molecular weight excluding hydrogens is 330 g/mol. The van der Waals surface area contributed by atoms with E-state index >= 15 is 0 Å². The zero-order valence-electron chi connectivity index (χ0n) is 13.3. The summed E-state index contributed by atoms with van der Waals surface area (Å²) in [5, 5.41) is 10.5. The van der Waals surface area contributed by atoms with E-state index in [0.29, 0.717) is 16.9 Å². The molecule has 0 aromatic heterocycles. The molecule has 2 rings (SSSR count). The lowest BCUT2D eigenvalue weighted by atomic mass is 10.2. The summed E-state index contributed by atoms with van der Waals surface area (Å²) in [6.07, 6.45) is 0. The maximum absolute atomic E-state index is 11.6. The Morgan fingerprint density at radius 3 is 1.72 bits per heavy atom. The van der Waals surface area contributed by atoms with E-state index in [-0.39, 0.29) is 18.9 Å². The molecule has 0 N–H and O–H groups in total. The molecule has 0 amide bonds. The van der Waals surface area contributed by atoms with Gasteiger partial charge in [-0.15, -0.1) is 0 Å². The highest BCUT2D eigenvalue weighted by atomic mass is 16.6. The molecule has 2 aromatic rings. The molecule has 8 heteroatoms. The number of nitro benzene ring substituents is 1. The first kappa shape index (κ1) is 17.9. The second-order valence-corrected chi connectivity index (χ2v) is 4.92. The van der Waals surface area contributed by atoms with Crippen molar-refractivity contribution in [3.05, 3.63) is 69.8 Å². The SMILES string of the molecule is COc1ccc(COC(=O)C(=O)OCc2ccc([N+](=O)[O-])cc2)cc1. The number of benzene rings is 2. The van der Waals surface area contributed by atoms with Crippen LogP contribution in [0.15, 0.2) is 48.5 Å². The zero-order chi connectivity index (χ0) is 18.2. The van der Waals surface area contributed by atoms with Crippen LogP contribution in [0.3, 0.4) is 0 Å². The molecule has 0 fully saturated rings. The minimum absolute atomic E-state index is 0.0739. The van der Waals surface area contributed by atoms with Crippen LogP contribution in [0, 0.1) is 10.1 Å². The third-order valence-electron chi connectivity index (χ3n) is 3.21. The average molecular weight is 345 g/mol. The second kappa shape index (κ2) is 8.44. The summed E-state index contributed by atoms with van der Waals surface area (Å²) in [4.78, 5) is 33.2. The highest BCUT2D eigenvalue weighted by molar-refractivity contribution is 6.29. The van der Waals surface area contributed by atoms with E-state index in [1.54, 1.807) is 24.3 Å². The Balaban J connectivity index is 1.79. The zero-order valence-corrected chi connectivity index (χ0v) is 13.3. The fraction of sp³-hybridized carbons (Fsp3) is 0.176. The summed E-state index contributed by atoms with van der Waals surface area (Å²) < 4.78 is 14.7. The summed E-state index contributed by atoms with van der Waals surface area (Å²) >= 11 is 0. The minimum atomic E-state index is -1.13. The lowest BCUT2D eigenvalue weighted by Gasteiger charge is -2.06. The number of non-ortho nitro benzene ring substituents is 1. The average Bonchev–Trinajstić information content (AvgIpc) is 2.64. The molecule has 0 aliphatic carbocycles. The minimum Gasteiger partial charge on any atom is -0.497 e. The van der Waals surface area contributed by atoms with Crippen molar-refractivity contribution in [3.63, 3.8) is 0 Å². The monoisotopic (exact) mass is 345 g/mol. The van der Waals surface area contributed by atoms with Gasteiger partial charge in [0, 0.05) is 12.1 Å². The molecule has 0 spiro atoms. The fourth-order valence-electron chi connectivity index (χ4n) is 1.85. The van der Waals surface area contributed by atoms with Gasteiger partial charge in [-0.25, -0.2) is 9.59 Å². The molecule has 0 bridgehead atoms. The van der Waals surface area contributed by atoms with Crippen molar-refractivity contribution in [2.24, 2.45) is 0 Å². The summed E-state index contributed by atoms with van der Waals surface area (Å²) in [6, 6.07) is 12.3. The van der Waals surface area contributed by atoms with Gasteiger partial charge in [0.05, 0.1) is 12.0 Å². The van der Waals surface area contributed by atoms with Gasteiger partial charge in [0.15, 0.2) is 0 Å². The van der Waals surface area contributed by atoms with Crippen LogP contribution >= 0.6 is 0 Å². The van der Waals surface area contributed by atoms with E-state index in [0.717, 1.165) is 0 Å². The summed E-state index contributed by atoms with van der Waals surface area (Å²) in [6.45, 7) is -0.260. The Labute approximate surface area is 143 Å². The largest absolute Gasteiger partial charge is 0.497 e. The fourth-order valence-corrected chi connectivity index (χ4v) is 1.85. The van der Waals surface area contributed by atoms with Crippen LogP contribution in [-0.4, -0.2) is 24.0 Å². The van der Waals surface area contributed by atoms with Gasteiger partial charge in [-0.05, 0) is 35.4 Å². The standard InChI is InChI=1S/C17H15NO7/c1-23-15-8-4-13(5-9-15)11-25-17(20)16(19)24-10-12-2-6-14(7-3-12)18(21)22/h2-9H,10-11H2,1H3. The van der Waals surface area contributed by atoms with Crippen molar-refractivity contribution in [2.45, 2.75) is 13.2 Å². The topological polar surface area (TPSA) is 105 Å². The van der Waals surface area contributed by atoms with Crippen LogP contribution in [0.4, 0.5) is 5.69 Å². The van der Waals surface area contributed by atoms with E-state index in [9.17, 15) is 19.7 Å². The molecule has 0 aliphatic rings. The predicted octanol–water partition coefficient (Wildman–Crippen LogP) is 2.39. The normalized spacial score (nSPS) is 9.96. The third-order valence-corrected chi connectivity index (χ3v) is 3.21. The number of carbonyl (C=O) groups excluding carboxylic acids is 2. The number of hydrogen-bond donors (Lipinski definition) is 0. The number of esters is 2. The Bertz CT molecular complexity index is 754. The number of hydrogen-bond acceptors (Lipinski definition) is 7. The third kappa shape index (κ3) is 5.31. The summed E-state index contributed by atoms with van der Waals surface area (Å²) in [5.41, 5.74) is 1.13. The number of methoxy groups -OCH3 is 1. The van der Waals surface area contributed by atoms with Gasteiger partial charge >= 0.3 is 11.9 Å². The number of rotatable bonds is 6. The van der Waals surface area contributed by atoms with Gasteiger partial charge < -0.3 is 14.2 Å². The second-order valence-electron chi connectivity index (χ2n) is 4.92. The molecule has 2 aromatic carbocycles. The van der Waals surface area contributed by atoms with E-state index in [1.165, 1.54) is 31.4 Å². The molecule has 0 atom stereocenters. The first-order valence-corrected chi connectivity index (χ1v) is 7.19. The van der Waals surface area contributed by atoms with Crippen LogP contribution in [-0.2, 0) is 32.3 Å². The summed E-state index contributed by atoms with van der Waals surface area (Å²) in [5.74, 6) is -1.58. The number of carbonyl (C=O) groups is 2. The molecule has 0 saturated heterocycles. The van der Waals surface area contributed by atoms with Crippen molar-refractivity contribution >= 4 is 17.6 Å². The Hall–Kier alpha value is -3.42. The smallest absolute Gasteiger partial charge is 0.417 e. The Morgan fingerprint density at radius 1 is 0.880 bits per heavy atom. The number of ether oxygens (including phenoxy) is 3. The first-order valence-electron chi connectivity index (χ1n) is 7.19. The van der Waals surface area contributed by atoms with Crippen LogP contribution in [0.1, 0.15) is 11.1 Å². The Morgan fingerprint density at radius 2 is 1.32 bits per heavy atom. The maximum Gasteiger partial charge on any atom is 0.417 e. The van der Waals surface area contributed by atoms with Gasteiger partial charge in [-0.1, -0.05) is 12.1 Å². The predicted molar refractivity (Wildman–Crippen MR) is 85.7 cm³/mol. The van der Waals surface area contributed by atoms with Gasteiger partial charge in [0.2, 0.25) is 0 Å². The van der Waals surface area contributed by atoms with Gasteiger partial charge in [0.1, 0.15) is 19.0 Å². The van der Waals surface area contributed by atoms with Crippen molar-refractivity contribution in [3.8, 4) is 5.75 Å². The molecule has 8 nitrogen and oxygen atoms in total. The van der Waals surface area contributed by atoms with E-state index in [4.69, 9.17) is 14.2 Å². The molecule has 130 valence electrons. The lowest BCUT2D eigenvalue weighted by Crippen LogP contribution is -2.20. The van der Waals surface area contributed by atoms with Crippen molar-refractivity contribution in [1.29, 1.82) is 0 Å². The number of nitrogens with zero attached hydrogens (tertiary/aromatic N) is 1. The lowest BCUT2D eigenvalue weighted by molar-refractivity contribution is -0.384. The molecule has 0 aliphatic heterocycles. The van der Waals surface area contributed by atoms with Crippen molar-refractivity contribution in [1.82, 2.24) is 0 Å². The first-order chi connectivity index (χ1) is 12.0. The molecule has 0 unspecified atom stereocenters. The molecule has 0 radical (unpaired) electrons. The van der Waals surface area contributed by atoms with E-state index in [2.05, 4.69) is 0 Å². The van der Waals surface area contributed by atoms with Gasteiger partial charge in [-0.3, -0.25) is 10.1 Å². The highest BCUT2D eigenvalue weighted by Gasteiger charge is 2.17. The molecule has 25 heavy (non-hydrogen) atoms. The van der Waals surface area contributed by atoms with Gasteiger partial charge in [-0.2, -0.15) is 0 Å². The molecule has 0 saturated carbocycles. The van der Waals surface area contributed by atoms with Crippen molar-refractivity contribution in [2.75, 3.05) is 7.11 Å². The van der Waals surface area contributed by atoms with Gasteiger partial charge in [0.25, 0.3) is 5.69 Å². The Kier molecular flexibility index (Phi) is 6.05. The van der Waals surface area contributed by atoms with E-state index in [1.807, 2.05) is 0 Å². The summed E-state index contributed by atoms with van der Waals surface area (Å²) in [7, 11) is 1.54. The van der Waals surface area contributed by atoms with Crippen LogP contribution in [0.5, 0.6) is 5.75 Å². The van der Waals surface area contributed by atoms with Crippen LogP contribution in [0.2, 0.25) is 0 Å². The quantitative estimate of drug-likeness (QED) is 0.342. The maximum atomic E-state index is 11.6.